The third kappa shape index (κ3) is 7.66. The second kappa shape index (κ2) is 10.9. The Morgan fingerprint density at radius 2 is 1.20 bits per heavy atom. The molecule has 0 aliphatic heterocycles. The first-order chi connectivity index (χ1) is 9.43. The van der Waals surface area contributed by atoms with E-state index in [0.717, 1.165) is 0 Å². The lowest BCUT2D eigenvalue weighted by Gasteiger charge is -2.16. The molecule has 0 rings (SSSR count). The van der Waals surface area contributed by atoms with Gasteiger partial charge in [-0.05, 0) is 45.2 Å². The van der Waals surface area contributed by atoms with E-state index in [1.54, 1.807) is 0 Å². The molecule has 0 aromatic carbocycles. The van der Waals surface area contributed by atoms with Crippen molar-refractivity contribution in [3.8, 4) is 0 Å². The highest BCUT2D eigenvalue weighted by Crippen LogP contribution is 2.06. The molecule has 7 nitrogen and oxygen atoms in total. The van der Waals surface area contributed by atoms with Crippen molar-refractivity contribution in [3.63, 3.8) is 0 Å². The van der Waals surface area contributed by atoms with Crippen molar-refractivity contribution in [3.05, 3.63) is 0 Å². The molecule has 3 unspecified atom stereocenters. The molecule has 0 aliphatic rings. The fourth-order valence-corrected chi connectivity index (χ4v) is 1.88. The molecule has 0 fully saturated rings. The summed E-state index contributed by atoms with van der Waals surface area (Å²) in [6, 6.07) is -1.84. The predicted octanol–water partition coefficient (Wildman–Crippen LogP) is -1.64. The molecule has 0 radical (unpaired) electrons. The van der Waals surface area contributed by atoms with Gasteiger partial charge in [-0.25, -0.2) is 0 Å². The molecule has 0 spiro atoms. The van der Waals surface area contributed by atoms with E-state index in [1.165, 1.54) is 0 Å². The maximum Gasteiger partial charge on any atom is 0.166 e. The van der Waals surface area contributed by atoms with Crippen molar-refractivity contribution >= 4 is 11.6 Å². The number of carbonyl (C=O) groups is 2. The molecule has 7 heteroatoms. The first-order valence-corrected chi connectivity index (χ1v) is 7.17. The molecule has 0 aromatic heterocycles. The van der Waals surface area contributed by atoms with Crippen LogP contribution in [0.2, 0.25) is 0 Å². The van der Waals surface area contributed by atoms with Crippen LogP contribution in [0, 0.1) is 0 Å². The van der Waals surface area contributed by atoms with Gasteiger partial charge in [0.1, 0.15) is 5.78 Å². The first-order valence-electron chi connectivity index (χ1n) is 7.17. The van der Waals surface area contributed by atoms with Crippen LogP contribution < -0.4 is 28.7 Å². The van der Waals surface area contributed by atoms with Gasteiger partial charge in [-0.2, -0.15) is 0 Å². The van der Waals surface area contributed by atoms with Crippen molar-refractivity contribution < 1.29 is 9.59 Å². The van der Waals surface area contributed by atoms with Gasteiger partial charge >= 0.3 is 0 Å². The summed E-state index contributed by atoms with van der Waals surface area (Å²) < 4.78 is 0. The highest BCUT2D eigenvalue weighted by atomic mass is 16.1. The van der Waals surface area contributed by atoms with Gasteiger partial charge in [0.25, 0.3) is 0 Å². The van der Waals surface area contributed by atoms with Crippen LogP contribution in [0.4, 0.5) is 0 Å². The van der Waals surface area contributed by atoms with Gasteiger partial charge in [0.2, 0.25) is 0 Å². The summed E-state index contributed by atoms with van der Waals surface area (Å²) in [7, 11) is 0. The summed E-state index contributed by atoms with van der Waals surface area (Å²) in [6.45, 7) is 1.000. The monoisotopic (exact) mass is 287 g/mol. The van der Waals surface area contributed by atoms with Crippen molar-refractivity contribution in [2.24, 2.45) is 28.7 Å². The Morgan fingerprint density at radius 1 is 0.750 bits per heavy atom. The Balaban J connectivity index is 4.04. The highest BCUT2D eigenvalue weighted by molar-refractivity contribution is 5.90. The van der Waals surface area contributed by atoms with Gasteiger partial charge in [0, 0.05) is 6.42 Å². The normalized spacial score (nSPS) is 15.7. The number of Topliss-reactive ketones (excluding diaryl/α,β-unsaturated/α-hetero) is 2. The molecule has 0 aromatic rings. The molecule has 20 heavy (non-hydrogen) atoms. The van der Waals surface area contributed by atoms with E-state index in [2.05, 4.69) is 0 Å². The number of nitrogens with two attached hydrogens (primary N) is 5. The van der Waals surface area contributed by atoms with E-state index >= 15 is 0 Å². The third-order valence-corrected chi connectivity index (χ3v) is 3.28. The number of carbonyl (C=O) groups excluding carboxylic acids is 2. The minimum Gasteiger partial charge on any atom is -0.330 e. The zero-order valence-electron chi connectivity index (χ0n) is 12.1. The lowest BCUT2D eigenvalue weighted by atomic mass is 9.96. The lowest BCUT2D eigenvalue weighted by Crippen LogP contribution is -2.44. The molecular formula is C13H29N5O2. The second-order valence-corrected chi connectivity index (χ2v) is 5.09. The second-order valence-electron chi connectivity index (χ2n) is 5.09. The molecular weight excluding hydrogens is 258 g/mol. The van der Waals surface area contributed by atoms with Crippen LogP contribution in [0.25, 0.3) is 0 Å². The summed E-state index contributed by atoms with van der Waals surface area (Å²) in [6.07, 6.45) is 2.96. The summed E-state index contributed by atoms with van der Waals surface area (Å²) in [5, 5.41) is 0. The maximum absolute atomic E-state index is 11.9. The zero-order chi connectivity index (χ0) is 15.5. The fourth-order valence-electron chi connectivity index (χ4n) is 1.88. The predicted molar refractivity (Wildman–Crippen MR) is 79.8 cm³/mol. The standard InChI is InChI=1S/C13H29N5O2/c14-7-1-3-9(16)12(19)6-5-11(18)13(20)10(17)4-2-8-15/h9-11H,1-8,14-18H2. The Hall–Kier alpha value is -0.860. The van der Waals surface area contributed by atoms with Crippen LogP contribution in [-0.2, 0) is 9.59 Å². The number of hydrogen-bond acceptors (Lipinski definition) is 7. The fraction of sp³-hybridized carbons (Fsp3) is 0.846. The molecule has 10 N–H and O–H groups in total. The molecule has 0 heterocycles. The van der Waals surface area contributed by atoms with Crippen molar-refractivity contribution in [1.82, 2.24) is 0 Å². The summed E-state index contributed by atoms with van der Waals surface area (Å²) in [5.74, 6) is -0.306. The van der Waals surface area contributed by atoms with E-state index < -0.39 is 18.1 Å². The van der Waals surface area contributed by atoms with Gasteiger partial charge in [0.15, 0.2) is 5.78 Å². The van der Waals surface area contributed by atoms with Crippen LogP contribution in [0.15, 0.2) is 0 Å². The van der Waals surface area contributed by atoms with Crippen molar-refractivity contribution in [1.29, 1.82) is 0 Å². The lowest BCUT2D eigenvalue weighted by molar-refractivity contribution is -0.122. The zero-order valence-corrected chi connectivity index (χ0v) is 12.1. The van der Waals surface area contributed by atoms with Crippen LogP contribution in [0.3, 0.4) is 0 Å². The largest absolute Gasteiger partial charge is 0.330 e. The topological polar surface area (TPSA) is 164 Å². The highest BCUT2D eigenvalue weighted by Gasteiger charge is 2.22. The van der Waals surface area contributed by atoms with Gasteiger partial charge in [-0.1, -0.05) is 0 Å². The smallest absolute Gasteiger partial charge is 0.166 e. The van der Waals surface area contributed by atoms with Crippen LogP contribution in [0.5, 0.6) is 0 Å². The summed E-state index contributed by atoms with van der Waals surface area (Å²) in [4.78, 5) is 23.6. The van der Waals surface area contributed by atoms with Gasteiger partial charge in [-0.15, -0.1) is 0 Å². The average molecular weight is 287 g/mol. The Morgan fingerprint density at radius 3 is 1.70 bits per heavy atom. The van der Waals surface area contributed by atoms with E-state index in [4.69, 9.17) is 28.7 Å². The van der Waals surface area contributed by atoms with Crippen LogP contribution >= 0.6 is 0 Å². The van der Waals surface area contributed by atoms with Gasteiger partial charge in [0.05, 0.1) is 18.1 Å². The Kier molecular flexibility index (Phi) is 10.4. The van der Waals surface area contributed by atoms with Gasteiger partial charge < -0.3 is 28.7 Å². The van der Waals surface area contributed by atoms with E-state index in [0.29, 0.717) is 38.8 Å². The summed E-state index contributed by atoms with van der Waals surface area (Å²) >= 11 is 0. The van der Waals surface area contributed by atoms with Crippen molar-refractivity contribution in [2.75, 3.05) is 13.1 Å². The van der Waals surface area contributed by atoms with Crippen LogP contribution in [0.1, 0.15) is 38.5 Å². The molecule has 0 amide bonds. The molecule has 0 bridgehead atoms. The Bertz CT molecular complexity index is 298. The van der Waals surface area contributed by atoms with Crippen LogP contribution in [-0.4, -0.2) is 42.8 Å². The molecule has 118 valence electrons. The first kappa shape index (κ1) is 19.1. The maximum atomic E-state index is 11.9. The SMILES string of the molecule is NCCCC(N)C(=O)CCC(N)C(=O)C(N)CCCN. The number of rotatable bonds is 12. The van der Waals surface area contributed by atoms with E-state index in [1.807, 2.05) is 0 Å². The quantitative estimate of drug-likeness (QED) is 0.287. The van der Waals surface area contributed by atoms with Crippen molar-refractivity contribution in [2.45, 2.75) is 56.7 Å². The Labute approximate surface area is 120 Å². The molecule has 0 saturated carbocycles. The minimum atomic E-state index is -0.714. The molecule has 0 saturated heterocycles. The number of hydrogen-bond donors (Lipinski definition) is 5. The average Bonchev–Trinajstić information content (AvgIpc) is 2.46. The molecule has 0 aliphatic carbocycles. The molecule has 3 atom stereocenters. The van der Waals surface area contributed by atoms with Gasteiger partial charge in [-0.3, -0.25) is 9.59 Å². The van der Waals surface area contributed by atoms with E-state index in [-0.39, 0.29) is 24.4 Å². The minimum absolute atomic E-state index is 0.0859. The third-order valence-electron chi connectivity index (χ3n) is 3.28. The summed E-state index contributed by atoms with van der Waals surface area (Å²) in [5.41, 5.74) is 27.9. The number of ketones is 2. The van der Waals surface area contributed by atoms with E-state index in [9.17, 15) is 9.59 Å².